The van der Waals surface area contributed by atoms with Crippen molar-refractivity contribution in [1.82, 2.24) is 0 Å². The molecule has 124 valence electrons. The van der Waals surface area contributed by atoms with E-state index < -0.39 is 11.9 Å². The third-order valence-electron chi connectivity index (χ3n) is 3.51. The molecule has 0 saturated heterocycles. The van der Waals surface area contributed by atoms with Crippen LogP contribution in [-0.2, 0) is 16.0 Å². The first-order valence-corrected chi connectivity index (χ1v) is 7.64. The molecule has 0 amide bonds. The maximum atomic E-state index is 12.7. The molecule has 0 atom stereocenters. The van der Waals surface area contributed by atoms with E-state index in [1.54, 1.807) is 49.4 Å². The van der Waals surface area contributed by atoms with Gasteiger partial charge in [-0.1, -0.05) is 36.4 Å². The van der Waals surface area contributed by atoms with Gasteiger partial charge in [-0.15, -0.1) is 0 Å². The summed E-state index contributed by atoms with van der Waals surface area (Å²) in [6, 6.07) is 13.2. The minimum Gasteiger partial charge on any atom is -0.481 e. The minimum absolute atomic E-state index is 0.0485. The van der Waals surface area contributed by atoms with Gasteiger partial charge in [0.1, 0.15) is 0 Å². The van der Waals surface area contributed by atoms with Crippen LogP contribution < -0.4 is 0 Å². The van der Waals surface area contributed by atoms with Crippen molar-refractivity contribution in [3.05, 3.63) is 70.8 Å². The van der Waals surface area contributed by atoms with Crippen LogP contribution in [-0.4, -0.2) is 29.4 Å². The molecule has 0 saturated carbocycles. The first-order chi connectivity index (χ1) is 11.5. The normalized spacial score (nSPS) is 10.2. The van der Waals surface area contributed by atoms with Gasteiger partial charge in [-0.05, 0) is 31.0 Å². The molecule has 0 aliphatic carbocycles. The van der Waals surface area contributed by atoms with Crippen molar-refractivity contribution in [1.29, 1.82) is 0 Å². The highest BCUT2D eigenvalue weighted by molar-refractivity contribution is 6.10. The van der Waals surface area contributed by atoms with E-state index in [-0.39, 0.29) is 25.2 Å². The fraction of sp³-hybridized carbons (Fsp3) is 0.211. The largest absolute Gasteiger partial charge is 0.481 e. The Morgan fingerprint density at radius 3 is 2.42 bits per heavy atom. The molecule has 0 aromatic heterocycles. The van der Waals surface area contributed by atoms with Gasteiger partial charge in [-0.2, -0.15) is 0 Å². The number of ether oxygens (including phenoxy) is 1. The van der Waals surface area contributed by atoms with E-state index in [4.69, 9.17) is 9.84 Å². The van der Waals surface area contributed by atoms with E-state index in [0.29, 0.717) is 22.3 Å². The quantitative estimate of drug-likeness (QED) is 0.624. The van der Waals surface area contributed by atoms with Gasteiger partial charge in [0.05, 0.1) is 12.2 Å². The molecule has 5 nitrogen and oxygen atoms in total. The SMILES string of the molecule is CCOC(=O)c1cccc(C(=O)c2ccccc2CCC(=O)O)c1. The molecule has 0 bridgehead atoms. The van der Waals surface area contributed by atoms with E-state index in [9.17, 15) is 14.4 Å². The Morgan fingerprint density at radius 1 is 1.00 bits per heavy atom. The van der Waals surface area contributed by atoms with E-state index >= 15 is 0 Å². The van der Waals surface area contributed by atoms with Gasteiger partial charge in [-0.25, -0.2) is 4.79 Å². The highest BCUT2D eigenvalue weighted by Crippen LogP contribution is 2.17. The van der Waals surface area contributed by atoms with Crippen molar-refractivity contribution in [2.45, 2.75) is 19.8 Å². The Bertz CT molecular complexity index is 764. The van der Waals surface area contributed by atoms with Crippen LogP contribution in [0.2, 0.25) is 0 Å². The number of benzene rings is 2. The molecule has 0 aliphatic rings. The highest BCUT2D eigenvalue weighted by Gasteiger charge is 2.16. The Kier molecular flexibility index (Phi) is 5.84. The third kappa shape index (κ3) is 4.29. The fourth-order valence-electron chi connectivity index (χ4n) is 2.36. The summed E-state index contributed by atoms with van der Waals surface area (Å²) in [5.41, 5.74) is 1.79. The lowest BCUT2D eigenvalue weighted by Gasteiger charge is -2.09. The summed E-state index contributed by atoms with van der Waals surface area (Å²) in [6.07, 6.45) is 0.224. The summed E-state index contributed by atoms with van der Waals surface area (Å²) in [7, 11) is 0. The van der Waals surface area contributed by atoms with Crippen LogP contribution in [0.5, 0.6) is 0 Å². The van der Waals surface area contributed by atoms with Gasteiger partial charge in [0, 0.05) is 17.5 Å². The third-order valence-corrected chi connectivity index (χ3v) is 3.51. The number of aliphatic carboxylic acids is 1. The topological polar surface area (TPSA) is 80.7 Å². The zero-order chi connectivity index (χ0) is 17.5. The first-order valence-electron chi connectivity index (χ1n) is 7.64. The van der Waals surface area contributed by atoms with Gasteiger partial charge >= 0.3 is 11.9 Å². The molecule has 0 aliphatic heterocycles. The van der Waals surface area contributed by atoms with Crippen molar-refractivity contribution < 1.29 is 24.2 Å². The van der Waals surface area contributed by atoms with Crippen LogP contribution in [0.15, 0.2) is 48.5 Å². The number of rotatable bonds is 7. The van der Waals surface area contributed by atoms with Crippen molar-refractivity contribution >= 4 is 17.7 Å². The molecule has 1 N–H and O–H groups in total. The molecule has 5 heteroatoms. The molecule has 2 aromatic carbocycles. The lowest BCUT2D eigenvalue weighted by Crippen LogP contribution is -2.09. The molecule has 0 spiro atoms. The number of hydrogen-bond acceptors (Lipinski definition) is 4. The summed E-state index contributed by atoms with van der Waals surface area (Å²) >= 11 is 0. The average Bonchev–Trinajstić information content (AvgIpc) is 2.60. The summed E-state index contributed by atoms with van der Waals surface area (Å²) in [5.74, 6) is -1.64. The molecular formula is C19H18O5. The summed E-state index contributed by atoms with van der Waals surface area (Å²) < 4.78 is 4.94. The van der Waals surface area contributed by atoms with E-state index in [1.165, 1.54) is 6.07 Å². The molecule has 0 radical (unpaired) electrons. The smallest absolute Gasteiger partial charge is 0.338 e. The van der Waals surface area contributed by atoms with Gasteiger partial charge in [-0.3, -0.25) is 9.59 Å². The minimum atomic E-state index is -0.915. The Balaban J connectivity index is 2.31. The molecule has 2 rings (SSSR count). The van der Waals surface area contributed by atoms with Crippen molar-refractivity contribution in [3.8, 4) is 0 Å². The van der Waals surface area contributed by atoms with Crippen LogP contribution in [0.3, 0.4) is 0 Å². The van der Waals surface area contributed by atoms with Crippen molar-refractivity contribution in [2.75, 3.05) is 6.61 Å². The van der Waals surface area contributed by atoms with Gasteiger partial charge in [0.25, 0.3) is 0 Å². The second kappa shape index (κ2) is 8.06. The summed E-state index contributed by atoms with van der Waals surface area (Å²) in [6.45, 7) is 1.97. The van der Waals surface area contributed by atoms with Gasteiger partial charge < -0.3 is 9.84 Å². The Morgan fingerprint density at radius 2 is 1.71 bits per heavy atom. The van der Waals surface area contributed by atoms with E-state index in [2.05, 4.69) is 0 Å². The molecule has 24 heavy (non-hydrogen) atoms. The lowest BCUT2D eigenvalue weighted by molar-refractivity contribution is -0.136. The van der Waals surface area contributed by atoms with Crippen molar-refractivity contribution in [3.63, 3.8) is 0 Å². The fourth-order valence-corrected chi connectivity index (χ4v) is 2.36. The van der Waals surface area contributed by atoms with E-state index in [1.807, 2.05) is 0 Å². The number of carboxylic acids is 1. The number of esters is 1. The molecule has 0 heterocycles. The summed E-state index contributed by atoms with van der Waals surface area (Å²) in [5, 5.41) is 8.83. The Hall–Kier alpha value is -2.95. The maximum Gasteiger partial charge on any atom is 0.338 e. The molecule has 0 fully saturated rings. The number of ketones is 1. The van der Waals surface area contributed by atoms with Crippen LogP contribution in [0.25, 0.3) is 0 Å². The van der Waals surface area contributed by atoms with E-state index in [0.717, 1.165) is 0 Å². The lowest BCUT2D eigenvalue weighted by atomic mass is 9.95. The summed E-state index contributed by atoms with van der Waals surface area (Å²) in [4.78, 5) is 35.3. The van der Waals surface area contributed by atoms with Crippen LogP contribution >= 0.6 is 0 Å². The monoisotopic (exact) mass is 326 g/mol. The van der Waals surface area contributed by atoms with Crippen LogP contribution in [0.4, 0.5) is 0 Å². The molecular weight excluding hydrogens is 308 g/mol. The second-order valence-electron chi connectivity index (χ2n) is 5.18. The Labute approximate surface area is 139 Å². The highest BCUT2D eigenvalue weighted by atomic mass is 16.5. The van der Waals surface area contributed by atoms with Gasteiger partial charge in [0.2, 0.25) is 0 Å². The molecule has 2 aromatic rings. The first kappa shape index (κ1) is 17.4. The molecule has 0 unspecified atom stereocenters. The predicted octanol–water partition coefficient (Wildman–Crippen LogP) is 3.11. The number of carbonyl (C=O) groups excluding carboxylic acids is 2. The van der Waals surface area contributed by atoms with Crippen LogP contribution in [0.1, 0.15) is 45.2 Å². The standard InChI is InChI=1S/C19H18O5/c1-2-24-19(23)15-8-5-7-14(12-15)18(22)16-9-4-3-6-13(16)10-11-17(20)21/h3-9,12H,2,10-11H2,1H3,(H,20,21). The second-order valence-corrected chi connectivity index (χ2v) is 5.18. The predicted molar refractivity (Wildman–Crippen MR) is 88.2 cm³/mol. The zero-order valence-electron chi connectivity index (χ0n) is 13.3. The number of carbonyl (C=O) groups is 3. The maximum absolute atomic E-state index is 12.7. The number of hydrogen-bond donors (Lipinski definition) is 1. The number of carboxylic acid groups (broad SMARTS) is 1. The zero-order valence-corrected chi connectivity index (χ0v) is 13.3. The van der Waals surface area contributed by atoms with Crippen LogP contribution in [0, 0.1) is 0 Å². The average molecular weight is 326 g/mol. The van der Waals surface area contributed by atoms with Crippen molar-refractivity contribution in [2.24, 2.45) is 0 Å². The van der Waals surface area contributed by atoms with Gasteiger partial charge in [0.15, 0.2) is 5.78 Å². The number of aryl methyl sites for hydroxylation is 1.